The van der Waals surface area contributed by atoms with Crippen LogP contribution in [0.1, 0.15) is 38.2 Å². The monoisotopic (exact) mass is 586 g/mol. The van der Waals surface area contributed by atoms with E-state index in [1.54, 1.807) is 24.3 Å². The first-order valence-electron chi connectivity index (χ1n) is 14.1. The lowest BCUT2D eigenvalue weighted by molar-refractivity contribution is -0.688. The van der Waals surface area contributed by atoms with Gasteiger partial charge in [0.25, 0.3) is 0 Å². The molecule has 7 aliphatic heterocycles. The third kappa shape index (κ3) is 5.69. The van der Waals surface area contributed by atoms with Crippen LogP contribution < -0.4 is 9.13 Å². The van der Waals surface area contributed by atoms with Gasteiger partial charge in [-0.25, -0.2) is 26.7 Å². The van der Waals surface area contributed by atoms with Gasteiger partial charge in [-0.2, -0.15) is 0 Å². The molecule has 4 aromatic carbocycles. The molecule has 7 aliphatic rings. The Kier molecular flexibility index (Phi) is 6.83. The standard InChI is InChI=1S/C35H30N4O3S/c40-35-31-9-1-27(2-10-31)21-36-17-19-38(25-36)23-29-5-13-33(14-6-29)43(41,42)34-15-7-30(8-16-34)24-39-20-18-37(26-39)22-28-3-11-32(35)12-4-28/h1-20,25-26H,21-24H2/q+2. The van der Waals surface area contributed by atoms with E-state index in [1.165, 1.54) is 0 Å². The van der Waals surface area contributed by atoms with Gasteiger partial charge in [0.1, 0.15) is 51.0 Å². The zero-order valence-corrected chi connectivity index (χ0v) is 24.3. The fourth-order valence-electron chi connectivity index (χ4n) is 5.47. The fraction of sp³-hybridized carbons (Fsp3) is 0.114. The summed E-state index contributed by atoms with van der Waals surface area (Å²) in [6.07, 6.45) is 12.1. The molecule has 13 rings (SSSR count). The highest BCUT2D eigenvalue weighted by Crippen LogP contribution is 2.22. The number of hydrogen-bond acceptors (Lipinski definition) is 3. The SMILES string of the molecule is O=C1c2ccc(cc2)C[n+]2ccn(c2)Cc2ccc(cc2)S(=O)(=O)c2ccc(cc2)Cn2cc[n+](c2)Cc2ccc1cc2. The Bertz CT molecular complexity index is 1880. The Morgan fingerprint density at radius 1 is 0.512 bits per heavy atom. The van der Waals surface area contributed by atoms with E-state index in [0.29, 0.717) is 37.3 Å². The molecule has 212 valence electrons. The molecule has 0 aliphatic carbocycles. The zero-order valence-electron chi connectivity index (χ0n) is 23.5. The Labute approximate surface area is 250 Å². The van der Waals surface area contributed by atoms with Crippen LogP contribution in [-0.2, 0) is 36.0 Å². The zero-order chi connectivity index (χ0) is 29.4. The first kappa shape index (κ1) is 26.8. The third-order valence-electron chi connectivity index (χ3n) is 7.85. The highest BCUT2D eigenvalue weighted by Gasteiger charge is 2.18. The summed E-state index contributed by atoms with van der Waals surface area (Å²) in [5, 5.41) is 0. The van der Waals surface area contributed by atoms with Gasteiger partial charge in [-0.1, -0.05) is 72.8 Å². The van der Waals surface area contributed by atoms with E-state index in [0.717, 1.165) is 22.3 Å². The summed E-state index contributed by atoms with van der Waals surface area (Å²) in [4.78, 5) is 13.7. The highest BCUT2D eigenvalue weighted by atomic mass is 32.2. The largest absolute Gasteiger partial charge is 0.289 e. The third-order valence-corrected chi connectivity index (χ3v) is 9.64. The molecule has 0 N–H and O–H groups in total. The molecule has 43 heavy (non-hydrogen) atoms. The molecule has 2 aromatic heterocycles. The number of sulfone groups is 1. The lowest BCUT2D eigenvalue weighted by atomic mass is 10.0. The molecule has 0 saturated carbocycles. The van der Waals surface area contributed by atoms with Crippen molar-refractivity contribution in [3.8, 4) is 0 Å². The molecule has 9 heterocycles. The highest BCUT2D eigenvalue weighted by molar-refractivity contribution is 7.91. The summed E-state index contributed by atoms with van der Waals surface area (Å²) in [6, 6.07) is 29.7. The summed E-state index contributed by atoms with van der Waals surface area (Å²) in [7, 11) is -3.62. The van der Waals surface area contributed by atoms with Crippen molar-refractivity contribution in [2.45, 2.75) is 36.0 Å². The van der Waals surface area contributed by atoms with Gasteiger partial charge < -0.3 is 0 Å². The summed E-state index contributed by atoms with van der Waals surface area (Å²) in [5.41, 5.74) is 5.52. The Morgan fingerprint density at radius 2 is 0.884 bits per heavy atom. The topological polar surface area (TPSA) is 68.8 Å². The maximum Gasteiger partial charge on any atom is 0.244 e. The van der Waals surface area contributed by atoms with E-state index < -0.39 is 9.84 Å². The molecule has 0 atom stereocenters. The molecule has 0 spiro atoms. The molecule has 0 radical (unpaired) electrons. The average Bonchev–Trinajstić information content (AvgIpc) is 3.66. The van der Waals surface area contributed by atoms with E-state index in [9.17, 15) is 13.2 Å². The fourth-order valence-corrected chi connectivity index (χ4v) is 6.73. The van der Waals surface area contributed by atoms with Crippen molar-refractivity contribution in [2.75, 3.05) is 0 Å². The van der Waals surface area contributed by atoms with Gasteiger partial charge in [0.15, 0.2) is 5.78 Å². The van der Waals surface area contributed by atoms with Crippen LogP contribution >= 0.6 is 0 Å². The van der Waals surface area contributed by atoms with Gasteiger partial charge in [-0.05, 0) is 46.5 Å². The van der Waals surface area contributed by atoms with E-state index in [-0.39, 0.29) is 15.6 Å². The lowest BCUT2D eigenvalue weighted by Gasteiger charge is -2.07. The van der Waals surface area contributed by atoms with Crippen LogP contribution in [0.3, 0.4) is 0 Å². The number of carbonyl (C=O) groups excluding carboxylic acids is 1. The van der Waals surface area contributed by atoms with E-state index in [4.69, 9.17) is 0 Å². The molecular weight excluding hydrogens is 556 g/mol. The number of rotatable bonds is 0. The molecular formula is C35H30N4O3S+2. The predicted octanol–water partition coefficient (Wildman–Crippen LogP) is 4.44. The van der Waals surface area contributed by atoms with E-state index >= 15 is 0 Å². The predicted molar refractivity (Wildman–Crippen MR) is 160 cm³/mol. The number of benzene rings is 4. The Morgan fingerprint density at radius 3 is 1.28 bits per heavy atom. The van der Waals surface area contributed by atoms with Crippen molar-refractivity contribution in [2.24, 2.45) is 0 Å². The first-order valence-corrected chi connectivity index (χ1v) is 15.6. The van der Waals surface area contributed by atoms with Crippen LogP contribution in [0.5, 0.6) is 0 Å². The van der Waals surface area contributed by atoms with Crippen molar-refractivity contribution < 1.29 is 22.3 Å². The van der Waals surface area contributed by atoms with E-state index in [1.807, 2.05) is 110 Å². The van der Waals surface area contributed by atoms with Crippen LogP contribution in [-0.4, -0.2) is 23.3 Å². The summed E-state index contributed by atoms with van der Waals surface area (Å²) in [6.45, 7) is 2.58. The maximum absolute atomic E-state index is 13.3. The van der Waals surface area contributed by atoms with Crippen molar-refractivity contribution in [3.05, 3.63) is 168 Å². The number of hydrogen-bond donors (Lipinski definition) is 0. The van der Waals surface area contributed by atoms with Gasteiger partial charge in [-0.15, -0.1) is 0 Å². The molecule has 0 saturated heterocycles. The molecule has 0 amide bonds. The van der Waals surface area contributed by atoms with Gasteiger partial charge in [-0.3, -0.25) is 4.79 Å². The Hall–Kier alpha value is -5.08. The van der Waals surface area contributed by atoms with Gasteiger partial charge in [0, 0.05) is 11.1 Å². The van der Waals surface area contributed by atoms with E-state index in [2.05, 4.69) is 18.3 Å². The average molecular weight is 587 g/mol. The van der Waals surface area contributed by atoms with Crippen LogP contribution in [0, 0.1) is 0 Å². The smallest absolute Gasteiger partial charge is 0.244 e. The molecule has 12 bridgehead atoms. The van der Waals surface area contributed by atoms with Crippen molar-refractivity contribution >= 4 is 15.6 Å². The lowest BCUT2D eigenvalue weighted by Crippen LogP contribution is -2.31. The quantitative estimate of drug-likeness (QED) is 0.247. The second-order valence-corrected chi connectivity index (χ2v) is 13.0. The molecule has 0 fully saturated rings. The minimum Gasteiger partial charge on any atom is -0.289 e. The Balaban J connectivity index is 1.21. The minimum atomic E-state index is -3.62. The normalized spacial score (nSPS) is 14.6. The van der Waals surface area contributed by atoms with Crippen molar-refractivity contribution in [1.29, 1.82) is 0 Å². The van der Waals surface area contributed by atoms with Crippen molar-refractivity contribution in [1.82, 2.24) is 9.13 Å². The summed E-state index contributed by atoms with van der Waals surface area (Å²) >= 11 is 0. The van der Waals surface area contributed by atoms with Crippen LogP contribution in [0.25, 0.3) is 0 Å². The number of carbonyl (C=O) groups is 1. The maximum atomic E-state index is 13.3. The van der Waals surface area contributed by atoms with Crippen molar-refractivity contribution in [3.63, 3.8) is 0 Å². The number of aromatic nitrogens is 4. The molecule has 7 nitrogen and oxygen atoms in total. The summed E-state index contributed by atoms with van der Waals surface area (Å²) in [5.74, 6) is 0.00806. The number of imidazole rings is 2. The molecule has 8 heteroatoms. The number of ketones is 1. The molecule has 6 aromatic rings. The second-order valence-electron chi connectivity index (χ2n) is 11.0. The van der Waals surface area contributed by atoms with Crippen LogP contribution in [0.4, 0.5) is 0 Å². The van der Waals surface area contributed by atoms with Crippen LogP contribution in [0.2, 0.25) is 0 Å². The van der Waals surface area contributed by atoms with Gasteiger partial charge in [0.05, 0.1) is 9.79 Å². The van der Waals surface area contributed by atoms with Gasteiger partial charge >= 0.3 is 0 Å². The van der Waals surface area contributed by atoms with Gasteiger partial charge in [0.2, 0.25) is 22.5 Å². The number of nitrogens with zero attached hydrogens (tertiary/aromatic N) is 4. The molecule has 0 unspecified atom stereocenters. The summed E-state index contributed by atoms with van der Waals surface area (Å²) < 4.78 is 35.0. The first-order chi connectivity index (χ1) is 20.9. The minimum absolute atomic E-state index is 0.00806. The van der Waals surface area contributed by atoms with Crippen LogP contribution in [0.15, 0.2) is 144 Å². The second kappa shape index (κ2) is 11.0.